The minimum atomic E-state index is -0.131. The summed E-state index contributed by atoms with van der Waals surface area (Å²) in [7, 11) is 1.44. The molecule has 4 nitrogen and oxygen atoms in total. The summed E-state index contributed by atoms with van der Waals surface area (Å²) >= 11 is 8.48. The van der Waals surface area contributed by atoms with E-state index in [-0.39, 0.29) is 11.9 Å². The van der Waals surface area contributed by atoms with Gasteiger partial charge in [0, 0.05) is 28.8 Å². The molecule has 2 N–H and O–H groups in total. The monoisotopic (exact) mass is 356 g/mol. The van der Waals surface area contributed by atoms with Gasteiger partial charge in [-0.3, -0.25) is 4.79 Å². The van der Waals surface area contributed by atoms with Gasteiger partial charge in [-0.25, -0.2) is 0 Å². The summed E-state index contributed by atoms with van der Waals surface area (Å²) < 4.78 is 5.72. The zero-order valence-electron chi connectivity index (χ0n) is 11.3. The molecule has 1 fully saturated rings. The van der Waals surface area contributed by atoms with Gasteiger partial charge in [-0.15, -0.1) is 0 Å². The second-order valence-corrected chi connectivity index (χ2v) is 6.13. The summed E-state index contributed by atoms with van der Waals surface area (Å²) in [6.07, 6.45) is 1.86. The minimum Gasteiger partial charge on any atom is -0.469 e. The van der Waals surface area contributed by atoms with E-state index in [1.807, 2.05) is 18.2 Å². The Balaban J connectivity index is 2.17. The van der Waals surface area contributed by atoms with Crippen molar-refractivity contribution in [1.82, 2.24) is 0 Å². The van der Waals surface area contributed by atoms with Crippen molar-refractivity contribution < 1.29 is 9.53 Å². The van der Waals surface area contributed by atoms with Crippen LogP contribution in [0.2, 0.25) is 0 Å². The molecule has 1 aliphatic heterocycles. The van der Waals surface area contributed by atoms with Crippen molar-refractivity contribution in [1.29, 1.82) is 0 Å². The van der Waals surface area contributed by atoms with E-state index < -0.39 is 0 Å². The zero-order valence-corrected chi connectivity index (χ0v) is 13.7. The van der Waals surface area contributed by atoms with Crippen LogP contribution in [0.15, 0.2) is 22.7 Å². The predicted octanol–water partition coefficient (Wildman–Crippen LogP) is 2.47. The highest BCUT2D eigenvalue weighted by Crippen LogP contribution is 2.28. The molecule has 1 atom stereocenters. The summed E-state index contributed by atoms with van der Waals surface area (Å²) in [5, 5.41) is 0. The van der Waals surface area contributed by atoms with E-state index in [1.54, 1.807) is 0 Å². The number of esters is 1. The van der Waals surface area contributed by atoms with Gasteiger partial charge >= 0.3 is 5.97 Å². The van der Waals surface area contributed by atoms with Crippen LogP contribution in [0.4, 0.5) is 5.69 Å². The Morgan fingerprint density at radius 2 is 2.30 bits per heavy atom. The number of piperidine rings is 1. The van der Waals surface area contributed by atoms with E-state index in [2.05, 4.69) is 20.8 Å². The zero-order chi connectivity index (χ0) is 14.7. The molecule has 6 heteroatoms. The van der Waals surface area contributed by atoms with E-state index in [0.29, 0.717) is 11.5 Å². The first-order valence-electron chi connectivity index (χ1n) is 6.45. The molecule has 0 saturated carbocycles. The highest BCUT2D eigenvalue weighted by Gasteiger charge is 2.26. The van der Waals surface area contributed by atoms with E-state index in [1.165, 1.54) is 7.11 Å². The molecule has 1 aromatic rings. The van der Waals surface area contributed by atoms with Crippen molar-refractivity contribution in [2.24, 2.45) is 11.7 Å². The van der Waals surface area contributed by atoms with Gasteiger partial charge in [-0.05, 0) is 47.0 Å². The summed E-state index contributed by atoms with van der Waals surface area (Å²) in [5.41, 5.74) is 7.53. The smallest absolute Gasteiger partial charge is 0.310 e. The second kappa shape index (κ2) is 6.54. The molecule has 2 rings (SSSR count). The van der Waals surface area contributed by atoms with Crippen molar-refractivity contribution in [2.75, 3.05) is 25.1 Å². The fourth-order valence-electron chi connectivity index (χ4n) is 2.47. The lowest BCUT2D eigenvalue weighted by Crippen LogP contribution is -2.39. The van der Waals surface area contributed by atoms with E-state index in [4.69, 9.17) is 22.7 Å². The molecule has 0 spiro atoms. The Morgan fingerprint density at radius 1 is 1.55 bits per heavy atom. The molecule has 1 unspecified atom stereocenters. The van der Waals surface area contributed by atoms with E-state index in [0.717, 1.165) is 35.1 Å². The van der Waals surface area contributed by atoms with Crippen LogP contribution in [0.1, 0.15) is 18.4 Å². The number of carbonyl (C=O) groups is 1. The van der Waals surface area contributed by atoms with E-state index in [9.17, 15) is 4.79 Å². The Hall–Kier alpha value is -1.14. The molecule has 20 heavy (non-hydrogen) atoms. The van der Waals surface area contributed by atoms with Crippen LogP contribution in [0, 0.1) is 5.92 Å². The fraction of sp³-hybridized carbons (Fsp3) is 0.429. The van der Waals surface area contributed by atoms with Crippen LogP contribution in [-0.2, 0) is 9.53 Å². The highest BCUT2D eigenvalue weighted by molar-refractivity contribution is 9.10. The highest BCUT2D eigenvalue weighted by atomic mass is 79.9. The fourth-order valence-corrected chi connectivity index (χ4v) is 3.36. The lowest BCUT2D eigenvalue weighted by atomic mass is 9.97. The number of ether oxygens (including phenoxy) is 1. The van der Waals surface area contributed by atoms with Crippen LogP contribution in [0.5, 0.6) is 0 Å². The number of nitrogens with zero attached hydrogens (tertiary/aromatic N) is 1. The SMILES string of the molecule is COC(=O)C1CCCN(c2ccc(C(N)=S)c(Br)c2)C1. The van der Waals surface area contributed by atoms with Crippen LogP contribution >= 0.6 is 28.1 Å². The van der Waals surface area contributed by atoms with Crippen molar-refractivity contribution in [3.8, 4) is 0 Å². The van der Waals surface area contributed by atoms with Crippen molar-refractivity contribution in [2.45, 2.75) is 12.8 Å². The number of anilines is 1. The van der Waals surface area contributed by atoms with Crippen LogP contribution in [0.25, 0.3) is 0 Å². The maximum atomic E-state index is 11.7. The Bertz CT molecular complexity index is 536. The molecule has 1 heterocycles. The molecule has 108 valence electrons. The first-order chi connectivity index (χ1) is 9.52. The molecule has 0 radical (unpaired) electrons. The van der Waals surface area contributed by atoms with Crippen LogP contribution < -0.4 is 10.6 Å². The van der Waals surface area contributed by atoms with E-state index >= 15 is 0 Å². The standard InChI is InChI=1S/C14H17BrN2O2S/c1-19-14(18)9-3-2-6-17(8-9)10-4-5-11(13(16)20)12(15)7-10/h4-5,7,9H,2-3,6,8H2,1H3,(H2,16,20). The number of hydrogen-bond donors (Lipinski definition) is 1. The normalized spacial score (nSPS) is 18.7. The van der Waals surface area contributed by atoms with Gasteiger partial charge in [0.2, 0.25) is 0 Å². The summed E-state index contributed by atoms with van der Waals surface area (Å²) in [6.45, 7) is 1.62. The lowest BCUT2D eigenvalue weighted by Gasteiger charge is -2.33. The number of methoxy groups -OCH3 is 1. The van der Waals surface area contributed by atoms with Crippen molar-refractivity contribution in [3.63, 3.8) is 0 Å². The van der Waals surface area contributed by atoms with Gasteiger partial charge in [0.1, 0.15) is 4.99 Å². The molecule has 1 aromatic carbocycles. The van der Waals surface area contributed by atoms with Gasteiger partial charge in [0.15, 0.2) is 0 Å². The Kier molecular flexibility index (Phi) is 4.99. The number of benzene rings is 1. The summed E-state index contributed by atoms with van der Waals surface area (Å²) in [6, 6.07) is 5.89. The van der Waals surface area contributed by atoms with Crippen LogP contribution in [0.3, 0.4) is 0 Å². The molecule has 0 bridgehead atoms. The quantitative estimate of drug-likeness (QED) is 0.665. The topological polar surface area (TPSA) is 55.6 Å². The maximum Gasteiger partial charge on any atom is 0.310 e. The Morgan fingerprint density at radius 3 is 2.90 bits per heavy atom. The third kappa shape index (κ3) is 3.30. The number of hydrogen-bond acceptors (Lipinski definition) is 4. The molecule has 0 aromatic heterocycles. The van der Waals surface area contributed by atoms with Gasteiger partial charge in [0.25, 0.3) is 0 Å². The molecule has 0 amide bonds. The molecule has 1 saturated heterocycles. The predicted molar refractivity (Wildman–Crippen MR) is 87.0 cm³/mol. The van der Waals surface area contributed by atoms with Gasteiger partial charge in [-0.1, -0.05) is 12.2 Å². The molecular formula is C14H17BrN2O2S. The number of carbonyl (C=O) groups excluding carboxylic acids is 1. The lowest BCUT2D eigenvalue weighted by molar-refractivity contribution is -0.145. The third-order valence-electron chi connectivity index (χ3n) is 3.54. The maximum absolute atomic E-state index is 11.7. The number of halogens is 1. The summed E-state index contributed by atoms with van der Waals surface area (Å²) in [4.78, 5) is 14.2. The first kappa shape index (κ1) is 15.3. The first-order valence-corrected chi connectivity index (χ1v) is 7.65. The van der Waals surface area contributed by atoms with Crippen molar-refractivity contribution >= 4 is 44.8 Å². The van der Waals surface area contributed by atoms with Gasteiger partial charge in [0.05, 0.1) is 13.0 Å². The summed E-state index contributed by atoms with van der Waals surface area (Å²) in [5.74, 6) is -0.184. The van der Waals surface area contributed by atoms with Crippen molar-refractivity contribution in [3.05, 3.63) is 28.2 Å². The second-order valence-electron chi connectivity index (χ2n) is 4.84. The number of thiocarbonyl (C=S) groups is 1. The number of rotatable bonds is 3. The average molecular weight is 357 g/mol. The minimum absolute atomic E-state index is 0.0530. The molecule has 0 aliphatic carbocycles. The van der Waals surface area contributed by atoms with Gasteiger partial charge < -0.3 is 15.4 Å². The largest absolute Gasteiger partial charge is 0.469 e. The van der Waals surface area contributed by atoms with Crippen LogP contribution in [-0.4, -0.2) is 31.2 Å². The Labute approximate surface area is 132 Å². The van der Waals surface area contributed by atoms with Gasteiger partial charge in [-0.2, -0.15) is 0 Å². The average Bonchev–Trinajstić information content (AvgIpc) is 2.46. The number of nitrogens with two attached hydrogens (primary N) is 1. The molecule has 1 aliphatic rings. The third-order valence-corrected chi connectivity index (χ3v) is 4.42. The molecular weight excluding hydrogens is 340 g/mol.